The molecule has 1 heterocycles. The zero-order valence-corrected chi connectivity index (χ0v) is 19.9. The Morgan fingerprint density at radius 2 is 1.68 bits per heavy atom. The Kier molecular flexibility index (Phi) is 8.78. The number of carbonyl (C=O) groups is 2. The maximum atomic E-state index is 12.4. The van der Waals surface area contributed by atoms with Crippen LogP contribution in [-0.4, -0.2) is 31.4 Å². The molecule has 3 rings (SSSR count). The largest absolute Gasteiger partial charge is 0.494 e. The normalized spacial score (nSPS) is 10.7. The third-order valence-corrected chi connectivity index (χ3v) is 4.85. The second kappa shape index (κ2) is 12.0. The van der Waals surface area contributed by atoms with Crippen LogP contribution >= 0.6 is 23.2 Å². The van der Waals surface area contributed by atoms with Crippen molar-refractivity contribution in [2.75, 3.05) is 23.8 Å². The summed E-state index contributed by atoms with van der Waals surface area (Å²) in [4.78, 5) is 24.5. The van der Waals surface area contributed by atoms with Crippen molar-refractivity contribution < 1.29 is 23.5 Å². The average Bonchev–Trinajstić information content (AvgIpc) is 3.12. The summed E-state index contributed by atoms with van der Waals surface area (Å²) >= 11 is 12.3. The van der Waals surface area contributed by atoms with Crippen molar-refractivity contribution in [3.63, 3.8) is 0 Å². The molecule has 0 aliphatic carbocycles. The van der Waals surface area contributed by atoms with Crippen LogP contribution < -0.4 is 20.8 Å². The quantitative estimate of drug-likeness (QED) is 0.185. The minimum Gasteiger partial charge on any atom is -0.494 e. The number of nitrogens with one attached hydrogen (secondary N) is 3. The second-order valence-corrected chi connectivity index (χ2v) is 7.43. The summed E-state index contributed by atoms with van der Waals surface area (Å²) in [7, 11) is 0. The SMILES string of the molecule is CCOC(=O)c1c(Nc2ccc(Cl)cc2)oc(/C=N\NC(=O)Nc2ccc(OCC)cc2)c1Cl. The average molecular weight is 505 g/mol. The Hall–Kier alpha value is -3.69. The number of ether oxygens (including phenoxy) is 2. The zero-order valence-electron chi connectivity index (χ0n) is 18.4. The summed E-state index contributed by atoms with van der Waals surface area (Å²) in [6.45, 7) is 4.26. The van der Waals surface area contributed by atoms with E-state index in [1.54, 1.807) is 55.5 Å². The number of benzene rings is 2. The summed E-state index contributed by atoms with van der Waals surface area (Å²) in [6.07, 6.45) is 1.18. The number of amides is 2. The molecule has 0 aliphatic heterocycles. The molecule has 0 saturated carbocycles. The molecule has 0 spiro atoms. The van der Waals surface area contributed by atoms with Gasteiger partial charge in [0, 0.05) is 16.4 Å². The summed E-state index contributed by atoms with van der Waals surface area (Å²) in [6, 6.07) is 13.0. The highest BCUT2D eigenvalue weighted by molar-refractivity contribution is 6.36. The van der Waals surface area contributed by atoms with Gasteiger partial charge in [-0.15, -0.1) is 0 Å². The minimum atomic E-state index is -0.673. The minimum absolute atomic E-state index is 0.00115. The van der Waals surface area contributed by atoms with Gasteiger partial charge >= 0.3 is 12.0 Å². The van der Waals surface area contributed by atoms with Gasteiger partial charge < -0.3 is 24.5 Å². The first-order chi connectivity index (χ1) is 16.4. The second-order valence-electron chi connectivity index (χ2n) is 6.62. The number of hydrazone groups is 1. The lowest BCUT2D eigenvalue weighted by molar-refractivity contribution is 0.0527. The molecule has 0 aliphatic rings. The van der Waals surface area contributed by atoms with Crippen molar-refractivity contribution in [1.29, 1.82) is 0 Å². The van der Waals surface area contributed by atoms with Gasteiger partial charge in [0.05, 0.1) is 19.4 Å². The van der Waals surface area contributed by atoms with Crippen molar-refractivity contribution in [2.24, 2.45) is 5.10 Å². The van der Waals surface area contributed by atoms with Crippen molar-refractivity contribution in [3.8, 4) is 5.75 Å². The molecule has 0 saturated heterocycles. The van der Waals surface area contributed by atoms with E-state index in [9.17, 15) is 9.59 Å². The van der Waals surface area contributed by atoms with Gasteiger partial charge in [-0.25, -0.2) is 15.0 Å². The molecule has 3 N–H and O–H groups in total. The number of halogens is 2. The molecule has 2 aromatic carbocycles. The third kappa shape index (κ3) is 6.66. The van der Waals surface area contributed by atoms with Crippen LogP contribution in [0.25, 0.3) is 0 Å². The number of esters is 1. The topological polar surface area (TPSA) is 114 Å². The van der Waals surface area contributed by atoms with Gasteiger partial charge in [-0.2, -0.15) is 5.10 Å². The molecule has 0 atom stereocenters. The number of hydrogen-bond donors (Lipinski definition) is 3. The fraction of sp³-hybridized carbons (Fsp3) is 0.174. The van der Waals surface area contributed by atoms with Crippen molar-refractivity contribution in [2.45, 2.75) is 13.8 Å². The highest BCUT2D eigenvalue weighted by atomic mass is 35.5. The molecule has 2 amide bonds. The first-order valence-corrected chi connectivity index (χ1v) is 11.0. The lowest BCUT2D eigenvalue weighted by Gasteiger charge is -2.06. The van der Waals surface area contributed by atoms with Crippen LogP contribution in [-0.2, 0) is 4.74 Å². The molecule has 0 bridgehead atoms. The van der Waals surface area contributed by atoms with Crippen LogP contribution in [0.2, 0.25) is 10.0 Å². The predicted octanol–water partition coefficient (Wildman–Crippen LogP) is 6.06. The van der Waals surface area contributed by atoms with Crippen LogP contribution in [0.5, 0.6) is 5.75 Å². The van der Waals surface area contributed by atoms with Gasteiger partial charge in [-0.05, 0) is 62.4 Å². The van der Waals surface area contributed by atoms with E-state index >= 15 is 0 Å². The van der Waals surface area contributed by atoms with Crippen molar-refractivity contribution >= 4 is 58.7 Å². The number of furan rings is 1. The van der Waals surface area contributed by atoms with E-state index in [-0.39, 0.29) is 28.8 Å². The van der Waals surface area contributed by atoms with Gasteiger partial charge in [-0.3, -0.25) is 0 Å². The van der Waals surface area contributed by atoms with Crippen LogP contribution in [0.4, 0.5) is 22.1 Å². The molecular formula is C23H22Cl2N4O5. The summed E-state index contributed by atoms with van der Waals surface area (Å²) < 4.78 is 16.1. The van der Waals surface area contributed by atoms with E-state index in [1.807, 2.05) is 6.92 Å². The summed E-state index contributed by atoms with van der Waals surface area (Å²) in [5, 5.41) is 9.95. The van der Waals surface area contributed by atoms with Gasteiger partial charge in [0.15, 0.2) is 5.76 Å². The van der Waals surface area contributed by atoms with E-state index < -0.39 is 12.0 Å². The number of hydrogen-bond acceptors (Lipinski definition) is 7. The molecule has 34 heavy (non-hydrogen) atoms. The number of nitrogens with zero attached hydrogens (tertiary/aromatic N) is 1. The lowest BCUT2D eigenvalue weighted by Crippen LogP contribution is -2.24. The van der Waals surface area contributed by atoms with Crippen molar-refractivity contribution in [1.82, 2.24) is 5.43 Å². The standard InChI is InChI=1S/C23H22Cl2N4O5/c1-3-32-17-11-9-16(10-12-17)28-23(31)29-26-13-18-20(25)19(22(30)33-4-2)21(34-18)27-15-7-5-14(24)6-8-15/h5-13,27H,3-4H2,1-2H3,(H2,28,29,31)/b26-13-. The van der Waals surface area contributed by atoms with E-state index in [0.29, 0.717) is 28.8 Å². The molecule has 0 radical (unpaired) electrons. The van der Waals surface area contributed by atoms with Crippen LogP contribution in [0, 0.1) is 0 Å². The summed E-state index contributed by atoms with van der Waals surface area (Å²) in [5.74, 6) is 0.126. The molecular weight excluding hydrogens is 483 g/mol. The van der Waals surface area contributed by atoms with E-state index in [2.05, 4.69) is 21.2 Å². The monoisotopic (exact) mass is 504 g/mol. The molecule has 0 unspecified atom stereocenters. The number of urea groups is 1. The highest BCUT2D eigenvalue weighted by Gasteiger charge is 2.25. The molecule has 9 nitrogen and oxygen atoms in total. The molecule has 3 aromatic rings. The number of carbonyl (C=O) groups excluding carboxylic acids is 2. The van der Waals surface area contributed by atoms with Crippen LogP contribution in [0.3, 0.4) is 0 Å². The zero-order chi connectivity index (χ0) is 24.5. The fourth-order valence-corrected chi connectivity index (χ4v) is 3.14. The van der Waals surface area contributed by atoms with Crippen LogP contribution in [0.1, 0.15) is 30.0 Å². The number of rotatable bonds is 9. The van der Waals surface area contributed by atoms with Gasteiger partial charge in [-0.1, -0.05) is 23.2 Å². The summed E-state index contributed by atoms with van der Waals surface area (Å²) in [5.41, 5.74) is 3.46. The Balaban J connectivity index is 1.71. The Labute approximate surface area is 206 Å². The molecule has 0 fully saturated rings. The maximum absolute atomic E-state index is 12.4. The molecule has 11 heteroatoms. The first kappa shape index (κ1) is 24.9. The Bertz CT molecular complexity index is 1160. The predicted molar refractivity (Wildman–Crippen MR) is 132 cm³/mol. The first-order valence-electron chi connectivity index (χ1n) is 10.3. The Morgan fingerprint density at radius 3 is 2.32 bits per heavy atom. The fourth-order valence-electron chi connectivity index (χ4n) is 2.76. The van der Waals surface area contributed by atoms with Gasteiger partial charge in [0.2, 0.25) is 5.88 Å². The van der Waals surface area contributed by atoms with E-state index in [1.165, 1.54) is 6.21 Å². The molecule has 1 aromatic heterocycles. The Morgan fingerprint density at radius 1 is 1.00 bits per heavy atom. The smallest absolute Gasteiger partial charge is 0.345 e. The van der Waals surface area contributed by atoms with Crippen molar-refractivity contribution in [3.05, 3.63) is 69.9 Å². The highest BCUT2D eigenvalue weighted by Crippen LogP contribution is 2.34. The van der Waals surface area contributed by atoms with E-state index in [0.717, 1.165) is 0 Å². The maximum Gasteiger partial charge on any atom is 0.345 e. The number of anilines is 3. The molecule has 178 valence electrons. The third-order valence-electron chi connectivity index (χ3n) is 4.23. The van der Waals surface area contributed by atoms with E-state index in [4.69, 9.17) is 37.1 Å². The van der Waals surface area contributed by atoms with Crippen LogP contribution in [0.15, 0.2) is 58.0 Å². The lowest BCUT2D eigenvalue weighted by atomic mass is 10.2. The van der Waals surface area contributed by atoms with Gasteiger partial charge in [0.25, 0.3) is 0 Å². The van der Waals surface area contributed by atoms with Gasteiger partial charge in [0.1, 0.15) is 16.3 Å².